The lowest BCUT2D eigenvalue weighted by molar-refractivity contribution is 1.26. The first-order valence-corrected chi connectivity index (χ1v) is 6.19. The van der Waals surface area contributed by atoms with Crippen molar-refractivity contribution in [1.29, 1.82) is 0 Å². The highest BCUT2D eigenvalue weighted by Gasteiger charge is 2.04. The molecule has 15 heavy (non-hydrogen) atoms. The zero-order valence-electron chi connectivity index (χ0n) is 8.75. The van der Waals surface area contributed by atoms with E-state index in [4.69, 9.17) is 11.6 Å². The van der Waals surface area contributed by atoms with Gasteiger partial charge in [0.2, 0.25) is 0 Å². The fraction of sp³-hybridized carbons (Fsp3) is 0.250. The fourth-order valence-corrected chi connectivity index (χ4v) is 2.53. The Morgan fingerprint density at radius 3 is 2.40 bits per heavy atom. The maximum Gasteiger partial charge on any atom is 0.108 e. The van der Waals surface area contributed by atoms with E-state index in [0.29, 0.717) is 5.88 Å². The Labute approximate surface area is 98.7 Å². The summed E-state index contributed by atoms with van der Waals surface area (Å²) in [6, 6.07) is 6.47. The maximum atomic E-state index is 5.74. The van der Waals surface area contributed by atoms with Crippen molar-refractivity contribution in [3.05, 3.63) is 39.7 Å². The van der Waals surface area contributed by atoms with Crippen LogP contribution in [0.5, 0.6) is 0 Å². The van der Waals surface area contributed by atoms with Gasteiger partial charge in [0.15, 0.2) is 0 Å². The highest BCUT2D eigenvalue weighted by molar-refractivity contribution is 7.10. The van der Waals surface area contributed by atoms with Crippen LogP contribution >= 0.6 is 22.9 Å². The smallest absolute Gasteiger partial charge is 0.108 e. The van der Waals surface area contributed by atoms with E-state index in [-0.39, 0.29) is 0 Å². The van der Waals surface area contributed by atoms with Gasteiger partial charge in [0, 0.05) is 10.9 Å². The lowest BCUT2D eigenvalue weighted by Crippen LogP contribution is -1.83. The number of hydrogen-bond donors (Lipinski definition) is 0. The van der Waals surface area contributed by atoms with E-state index < -0.39 is 0 Å². The zero-order chi connectivity index (χ0) is 10.8. The Morgan fingerprint density at radius 1 is 1.20 bits per heavy atom. The SMILES string of the molecule is Cc1cc(C)cc(-c2csc(CCl)n2)c1. The van der Waals surface area contributed by atoms with Crippen molar-refractivity contribution in [2.24, 2.45) is 0 Å². The quantitative estimate of drug-likeness (QED) is 0.715. The number of benzene rings is 1. The average Bonchev–Trinajstić information content (AvgIpc) is 2.64. The number of nitrogens with zero attached hydrogens (tertiary/aromatic N) is 1. The van der Waals surface area contributed by atoms with Gasteiger partial charge in [-0.1, -0.05) is 17.2 Å². The van der Waals surface area contributed by atoms with Crippen molar-refractivity contribution in [3.8, 4) is 11.3 Å². The van der Waals surface area contributed by atoms with E-state index in [9.17, 15) is 0 Å². The molecule has 0 unspecified atom stereocenters. The summed E-state index contributed by atoms with van der Waals surface area (Å²) in [5, 5.41) is 3.04. The van der Waals surface area contributed by atoms with Crippen LogP contribution in [0.3, 0.4) is 0 Å². The second kappa shape index (κ2) is 4.33. The first kappa shape index (κ1) is 10.7. The molecule has 0 saturated carbocycles. The molecule has 1 heterocycles. The van der Waals surface area contributed by atoms with Crippen LogP contribution in [-0.2, 0) is 5.88 Å². The zero-order valence-corrected chi connectivity index (χ0v) is 10.3. The first-order valence-electron chi connectivity index (χ1n) is 4.78. The van der Waals surface area contributed by atoms with Gasteiger partial charge in [-0.25, -0.2) is 4.98 Å². The molecule has 0 bridgehead atoms. The van der Waals surface area contributed by atoms with E-state index in [0.717, 1.165) is 10.7 Å². The van der Waals surface area contributed by atoms with E-state index in [2.05, 4.69) is 42.4 Å². The number of aryl methyl sites for hydroxylation is 2. The lowest BCUT2D eigenvalue weighted by atomic mass is 10.1. The van der Waals surface area contributed by atoms with Crippen molar-refractivity contribution in [2.45, 2.75) is 19.7 Å². The molecule has 0 fully saturated rings. The van der Waals surface area contributed by atoms with Gasteiger partial charge in [0.25, 0.3) is 0 Å². The first-order chi connectivity index (χ1) is 7.19. The predicted octanol–water partition coefficient (Wildman–Crippen LogP) is 4.17. The Hall–Kier alpha value is -0.860. The van der Waals surface area contributed by atoms with Gasteiger partial charge in [-0.3, -0.25) is 0 Å². The third kappa shape index (κ3) is 2.39. The third-order valence-electron chi connectivity index (χ3n) is 2.18. The number of alkyl halides is 1. The summed E-state index contributed by atoms with van der Waals surface area (Å²) in [6.45, 7) is 4.21. The van der Waals surface area contributed by atoms with Crippen molar-refractivity contribution >= 4 is 22.9 Å². The summed E-state index contributed by atoms with van der Waals surface area (Å²) >= 11 is 7.35. The molecule has 3 heteroatoms. The van der Waals surface area contributed by atoms with Gasteiger partial charge in [-0.15, -0.1) is 22.9 Å². The lowest BCUT2D eigenvalue weighted by Gasteiger charge is -2.01. The van der Waals surface area contributed by atoms with Gasteiger partial charge in [-0.2, -0.15) is 0 Å². The summed E-state index contributed by atoms with van der Waals surface area (Å²) < 4.78 is 0. The van der Waals surface area contributed by atoms with Gasteiger partial charge < -0.3 is 0 Å². The van der Waals surface area contributed by atoms with Crippen LogP contribution in [0.2, 0.25) is 0 Å². The van der Waals surface area contributed by atoms with E-state index in [1.807, 2.05) is 0 Å². The molecule has 1 nitrogen and oxygen atoms in total. The predicted molar refractivity (Wildman–Crippen MR) is 66.6 cm³/mol. The molecular formula is C12H12ClNS. The fourth-order valence-electron chi connectivity index (χ4n) is 1.63. The third-order valence-corrected chi connectivity index (χ3v) is 3.44. The minimum absolute atomic E-state index is 0.496. The van der Waals surface area contributed by atoms with E-state index in [1.165, 1.54) is 16.7 Å². The van der Waals surface area contributed by atoms with Gasteiger partial charge >= 0.3 is 0 Å². The summed E-state index contributed by atoms with van der Waals surface area (Å²) in [6.07, 6.45) is 0. The molecule has 0 aliphatic rings. The highest BCUT2D eigenvalue weighted by Crippen LogP contribution is 2.24. The standard InChI is InChI=1S/C12H12ClNS/c1-8-3-9(2)5-10(4-8)11-7-15-12(6-13)14-11/h3-5,7H,6H2,1-2H3. The van der Waals surface area contributed by atoms with Crippen molar-refractivity contribution in [1.82, 2.24) is 4.98 Å². The van der Waals surface area contributed by atoms with Crippen LogP contribution in [0, 0.1) is 13.8 Å². The molecular weight excluding hydrogens is 226 g/mol. The largest absolute Gasteiger partial charge is 0.240 e. The second-order valence-electron chi connectivity index (χ2n) is 3.64. The minimum atomic E-state index is 0.496. The number of thiazole rings is 1. The van der Waals surface area contributed by atoms with Crippen LogP contribution in [0.1, 0.15) is 16.1 Å². The molecule has 0 aliphatic carbocycles. The van der Waals surface area contributed by atoms with Crippen molar-refractivity contribution in [3.63, 3.8) is 0 Å². The van der Waals surface area contributed by atoms with Gasteiger partial charge in [0.05, 0.1) is 11.6 Å². The highest BCUT2D eigenvalue weighted by atomic mass is 35.5. The normalized spacial score (nSPS) is 10.6. The molecule has 1 aromatic carbocycles. The number of rotatable bonds is 2. The maximum absolute atomic E-state index is 5.74. The summed E-state index contributed by atoms with van der Waals surface area (Å²) in [5.74, 6) is 0.496. The summed E-state index contributed by atoms with van der Waals surface area (Å²) in [5.41, 5.74) is 4.75. The Balaban J connectivity index is 2.44. The van der Waals surface area contributed by atoms with Crippen LogP contribution in [0.25, 0.3) is 11.3 Å². The molecule has 0 atom stereocenters. The number of halogens is 1. The van der Waals surface area contributed by atoms with E-state index in [1.54, 1.807) is 11.3 Å². The molecule has 1 aromatic heterocycles. The van der Waals surface area contributed by atoms with Crippen molar-refractivity contribution in [2.75, 3.05) is 0 Å². The van der Waals surface area contributed by atoms with Gasteiger partial charge in [0.1, 0.15) is 5.01 Å². The average molecular weight is 238 g/mol. The molecule has 0 spiro atoms. The van der Waals surface area contributed by atoms with Crippen LogP contribution in [-0.4, -0.2) is 4.98 Å². The molecule has 0 aliphatic heterocycles. The molecule has 0 amide bonds. The molecule has 0 radical (unpaired) electrons. The Kier molecular flexibility index (Phi) is 3.08. The number of aromatic nitrogens is 1. The molecule has 2 rings (SSSR count). The Morgan fingerprint density at radius 2 is 1.87 bits per heavy atom. The Bertz CT molecular complexity index is 456. The molecule has 78 valence electrons. The molecule has 0 N–H and O–H groups in total. The number of hydrogen-bond acceptors (Lipinski definition) is 2. The molecule has 2 aromatic rings. The van der Waals surface area contributed by atoms with Crippen molar-refractivity contribution < 1.29 is 0 Å². The minimum Gasteiger partial charge on any atom is -0.240 e. The topological polar surface area (TPSA) is 12.9 Å². The molecule has 0 saturated heterocycles. The second-order valence-corrected chi connectivity index (χ2v) is 4.85. The van der Waals surface area contributed by atoms with Gasteiger partial charge in [-0.05, 0) is 26.0 Å². The van der Waals surface area contributed by atoms with Crippen LogP contribution in [0.4, 0.5) is 0 Å². The monoisotopic (exact) mass is 237 g/mol. The van der Waals surface area contributed by atoms with Crippen LogP contribution in [0.15, 0.2) is 23.6 Å². The van der Waals surface area contributed by atoms with Crippen LogP contribution < -0.4 is 0 Å². The summed E-state index contributed by atoms with van der Waals surface area (Å²) in [4.78, 5) is 4.47. The van der Waals surface area contributed by atoms with E-state index >= 15 is 0 Å². The summed E-state index contributed by atoms with van der Waals surface area (Å²) in [7, 11) is 0.